The predicted molar refractivity (Wildman–Crippen MR) is 144 cm³/mol. The van der Waals surface area contributed by atoms with Crippen LogP contribution in [0.3, 0.4) is 0 Å². The number of hydrogen-bond acceptors (Lipinski definition) is 6. The van der Waals surface area contributed by atoms with Gasteiger partial charge in [0.05, 0.1) is 52.0 Å². The molecule has 3 N–H and O–H groups in total. The lowest BCUT2D eigenvalue weighted by molar-refractivity contribution is -0.147. The van der Waals surface area contributed by atoms with Gasteiger partial charge in [-0.2, -0.15) is 18.3 Å². The highest BCUT2D eigenvalue weighted by Gasteiger charge is 2.44. The maximum Gasteiger partial charge on any atom is 0.433 e. The molecule has 2 aliphatic rings. The highest BCUT2D eigenvalue weighted by atomic mass is 35.5. The summed E-state index contributed by atoms with van der Waals surface area (Å²) in [7, 11) is 0. The third-order valence-corrected chi connectivity index (χ3v) is 8.85. The number of carbonyl (C=O) groups excluding carboxylic acids is 1. The molecule has 4 rings (SSSR count). The molecule has 2 fully saturated rings. The van der Waals surface area contributed by atoms with Crippen molar-refractivity contribution in [1.29, 1.82) is 0 Å². The minimum Gasteiger partial charge on any atom is -0.481 e. The van der Waals surface area contributed by atoms with E-state index in [1.807, 2.05) is 0 Å². The molecule has 0 aliphatic heterocycles. The van der Waals surface area contributed by atoms with Crippen LogP contribution in [0.15, 0.2) is 18.6 Å². The van der Waals surface area contributed by atoms with E-state index in [2.05, 4.69) is 10.1 Å². The first-order valence-corrected chi connectivity index (χ1v) is 14.3. The van der Waals surface area contributed by atoms with Gasteiger partial charge in [-0.05, 0) is 64.2 Å². The summed E-state index contributed by atoms with van der Waals surface area (Å²) in [5, 5.41) is 34.7. The molecule has 0 bridgehead atoms. The highest BCUT2D eigenvalue weighted by molar-refractivity contribution is 6.35. The van der Waals surface area contributed by atoms with Gasteiger partial charge in [0.2, 0.25) is 0 Å². The van der Waals surface area contributed by atoms with E-state index >= 15 is 0 Å². The molecule has 226 valence electrons. The van der Waals surface area contributed by atoms with E-state index in [1.165, 1.54) is 17.3 Å². The smallest absolute Gasteiger partial charge is 0.433 e. The van der Waals surface area contributed by atoms with E-state index in [0.717, 1.165) is 10.9 Å². The quantitative estimate of drug-likeness (QED) is 0.353. The monoisotopic (exact) mass is 620 g/mol. The molecule has 2 saturated carbocycles. The van der Waals surface area contributed by atoms with Gasteiger partial charge in [0.15, 0.2) is 5.69 Å². The van der Waals surface area contributed by atoms with Gasteiger partial charge in [-0.15, -0.1) is 0 Å². The number of aromatic nitrogens is 3. The first kappa shape index (κ1) is 31.5. The Hall–Kier alpha value is -2.41. The Labute approximate surface area is 245 Å². The van der Waals surface area contributed by atoms with Crippen LogP contribution < -0.4 is 0 Å². The van der Waals surface area contributed by atoms with Crippen molar-refractivity contribution in [2.45, 2.75) is 82.2 Å². The topological polar surface area (TPSA) is 129 Å². The number of rotatable bonds is 8. The molecule has 0 radical (unpaired) electrons. The number of aliphatic hydroxyl groups excluding tert-OH is 1. The van der Waals surface area contributed by atoms with Gasteiger partial charge in [0.25, 0.3) is 5.91 Å². The number of aliphatic carboxylic acids is 1. The summed E-state index contributed by atoms with van der Waals surface area (Å²) in [4.78, 5) is 30.2. The number of halogens is 5. The second kappa shape index (κ2) is 12.4. The number of aliphatic hydroxyl groups is 2. The number of carboxylic acids is 1. The van der Waals surface area contributed by atoms with Crippen LogP contribution in [-0.4, -0.2) is 65.6 Å². The van der Waals surface area contributed by atoms with Crippen LogP contribution >= 0.6 is 23.2 Å². The number of amides is 1. The van der Waals surface area contributed by atoms with Gasteiger partial charge >= 0.3 is 12.1 Å². The van der Waals surface area contributed by atoms with E-state index < -0.39 is 53.0 Å². The first-order chi connectivity index (χ1) is 19.2. The van der Waals surface area contributed by atoms with Crippen molar-refractivity contribution < 1.29 is 38.1 Å². The van der Waals surface area contributed by atoms with Crippen LogP contribution in [0.5, 0.6) is 0 Å². The Bertz CT molecular complexity index is 1230. The molecule has 0 spiro atoms. The molecule has 2 aromatic rings. The molecule has 14 heteroatoms. The molecule has 2 heterocycles. The van der Waals surface area contributed by atoms with Crippen molar-refractivity contribution in [3.63, 3.8) is 0 Å². The molecule has 0 saturated heterocycles. The zero-order valence-corrected chi connectivity index (χ0v) is 24.0. The Kier molecular flexibility index (Phi) is 9.57. The van der Waals surface area contributed by atoms with E-state index in [9.17, 15) is 38.1 Å². The second-order valence-corrected chi connectivity index (χ2v) is 12.2. The minimum atomic E-state index is -4.92. The van der Waals surface area contributed by atoms with Crippen LogP contribution in [0.25, 0.3) is 0 Å². The summed E-state index contributed by atoms with van der Waals surface area (Å²) in [6.45, 7) is 1.37. The summed E-state index contributed by atoms with van der Waals surface area (Å²) in [6.07, 6.45) is -0.105. The molecule has 2 aliphatic carbocycles. The zero-order valence-electron chi connectivity index (χ0n) is 22.4. The normalized spacial score (nSPS) is 26.0. The third kappa shape index (κ3) is 7.33. The average molecular weight is 621 g/mol. The average Bonchev–Trinajstić information content (AvgIpc) is 3.35. The van der Waals surface area contributed by atoms with Gasteiger partial charge in [-0.25, -0.2) is 0 Å². The van der Waals surface area contributed by atoms with Crippen molar-refractivity contribution in [2.75, 3.05) is 13.1 Å². The van der Waals surface area contributed by atoms with Crippen molar-refractivity contribution in [2.24, 2.45) is 11.8 Å². The lowest BCUT2D eigenvalue weighted by atomic mass is 9.79. The molecule has 1 amide bonds. The van der Waals surface area contributed by atoms with Crippen LogP contribution in [0.2, 0.25) is 10.0 Å². The van der Waals surface area contributed by atoms with Crippen LogP contribution in [0.4, 0.5) is 13.2 Å². The van der Waals surface area contributed by atoms with Crippen LogP contribution in [0.1, 0.15) is 92.1 Å². The SMILES string of the molecule is CC1(O)CCC(CN(CC(O)c2c(Cl)cncc2Cl)C(=O)c2cnn([C@H]3CC[C@H](C(=O)O)CC3)c2C(F)(F)F)CC1. The van der Waals surface area contributed by atoms with Gasteiger partial charge < -0.3 is 20.2 Å². The lowest BCUT2D eigenvalue weighted by Gasteiger charge is -2.36. The van der Waals surface area contributed by atoms with E-state index in [0.29, 0.717) is 25.7 Å². The molecule has 41 heavy (non-hydrogen) atoms. The zero-order chi connectivity index (χ0) is 30.1. The second-order valence-electron chi connectivity index (χ2n) is 11.4. The summed E-state index contributed by atoms with van der Waals surface area (Å²) >= 11 is 12.4. The molecule has 1 unspecified atom stereocenters. The molecular weight excluding hydrogens is 588 g/mol. The summed E-state index contributed by atoms with van der Waals surface area (Å²) in [6, 6.07) is -0.710. The Morgan fingerprint density at radius 2 is 1.68 bits per heavy atom. The highest BCUT2D eigenvalue weighted by Crippen LogP contribution is 2.40. The predicted octanol–water partition coefficient (Wildman–Crippen LogP) is 5.54. The van der Waals surface area contributed by atoms with Gasteiger partial charge in [0, 0.05) is 24.5 Å². The molecule has 9 nitrogen and oxygen atoms in total. The fourth-order valence-electron chi connectivity index (χ4n) is 5.89. The summed E-state index contributed by atoms with van der Waals surface area (Å²) < 4.78 is 44.2. The molecule has 0 aromatic carbocycles. The van der Waals surface area contributed by atoms with Gasteiger partial charge in [0.1, 0.15) is 0 Å². The van der Waals surface area contributed by atoms with E-state index in [4.69, 9.17) is 23.2 Å². The fraction of sp³-hybridized carbons (Fsp3) is 0.630. The molecular formula is C27H33Cl2F3N4O5. The van der Waals surface area contributed by atoms with Gasteiger partial charge in [-0.3, -0.25) is 19.3 Å². The lowest BCUT2D eigenvalue weighted by Crippen LogP contribution is -2.41. The number of carboxylic acid groups (broad SMARTS) is 1. The number of nitrogens with zero attached hydrogens (tertiary/aromatic N) is 4. The number of hydrogen-bond donors (Lipinski definition) is 3. The standard InChI is InChI=1S/C27H33Cl2F3N4O5/c1-26(41)8-6-15(7-9-26)13-35(14-21(37)22-19(28)11-33-12-20(22)29)24(38)18-10-34-36(23(18)27(30,31)32)17-4-2-16(3-5-17)25(39)40/h10-12,15-17,21,37,41H,2-9,13-14H2,1H3,(H,39,40)/t15?,16-,17-,21?,26?. The fourth-order valence-corrected chi connectivity index (χ4v) is 6.51. The van der Waals surface area contributed by atoms with Crippen molar-refractivity contribution in [3.05, 3.63) is 45.5 Å². The maximum atomic E-state index is 14.5. The van der Waals surface area contributed by atoms with Gasteiger partial charge in [-0.1, -0.05) is 23.2 Å². The molecule has 2 aromatic heterocycles. The number of pyridine rings is 1. The van der Waals surface area contributed by atoms with E-state index in [1.54, 1.807) is 6.92 Å². The summed E-state index contributed by atoms with van der Waals surface area (Å²) in [5.74, 6) is -2.69. The Morgan fingerprint density at radius 1 is 1.10 bits per heavy atom. The Morgan fingerprint density at radius 3 is 2.22 bits per heavy atom. The van der Waals surface area contributed by atoms with E-state index in [-0.39, 0.29) is 60.3 Å². The maximum absolute atomic E-state index is 14.5. The van der Waals surface area contributed by atoms with Crippen molar-refractivity contribution in [1.82, 2.24) is 19.7 Å². The van der Waals surface area contributed by atoms with Crippen molar-refractivity contribution >= 4 is 35.1 Å². The number of carbonyl (C=O) groups is 2. The van der Waals surface area contributed by atoms with Crippen LogP contribution in [-0.2, 0) is 11.0 Å². The minimum absolute atomic E-state index is 0.0402. The third-order valence-electron chi connectivity index (χ3n) is 8.25. The largest absolute Gasteiger partial charge is 0.481 e. The van der Waals surface area contributed by atoms with Crippen molar-refractivity contribution in [3.8, 4) is 0 Å². The number of alkyl halides is 3. The van der Waals surface area contributed by atoms with Crippen LogP contribution in [0, 0.1) is 11.8 Å². The molecule has 1 atom stereocenters. The summed E-state index contributed by atoms with van der Waals surface area (Å²) in [5.41, 5.74) is -2.60. The first-order valence-electron chi connectivity index (χ1n) is 13.5. The Balaban J connectivity index is 1.65.